The van der Waals surface area contributed by atoms with Crippen molar-refractivity contribution in [2.24, 2.45) is 0 Å². The molecule has 1 atom stereocenters. The molecule has 3 rings (SSSR count). The van der Waals surface area contributed by atoms with Crippen LogP contribution < -0.4 is 4.90 Å². The van der Waals surface area contributed by atoms with Gasteiger partial charge in [-0.2, -0.15) is 0 Å². The van der Waals surface area contributed by atoms with Crippen molar-refractivity contribution in [1.82, 2.24) is 4.90 Å². The number of amides is 1. The van der Waals surface area contributed by atoms with Crippen molar-refractivity contribution in [2.75, 3.05) is 36.8 Å². The molecule has 1 aliphatic rings. The van der Waals surface area contributed by atoms with Gasteiger partial charge < -0.3 is 9.80 Å². The van der Waals surface area contributed by atoms with Crippen LogP contribution in [0.25, 0.3) is 0 Å². The van der Waals surface area contributed by atoms with E-state index in [-0.39, 0.29) is 17.5 Å². The van der Waals surface area contributed by atoms with Crippen LogP contribution in [0.4, 0.5) is 10.1 Å². The molecular formula is C19H21FN2O2S. The van der Waals surface area contributed by atoms with E-state index in [0.29, 0.717) is 31.9 Å². The second-order valence-corrected chi connectivity index (χ2v) is 7.52. The Balaban J connectivity index is 1.48. The average molecular weight is 360 g/mol. The molecule has 1 saturated heterocycles. The molecular weight excluding hydrogens is 339 g/mol. The summed E-state index contributed by atoms with van der Waals surface area (Å²) in [6.45, 7) is 2.59. The molecule has 132 valence electrons. The maximum absolute atomic E-state index is 13.0. The highest BCUT2D eigenvalue weighted by Gasteiger charge is 2.22. The number of carbonyl (C=O) groups is 1. The lowest BCUT2D eigenvalue weighted by atomic mass is 10.2. The third kappa shape index (κ3) is 4.89. The van der Waals surface area contributed by atoms with E-state index >= 15 is 0 Å². The third-order valence-electron chi connectivity index (χ3n) is 4.28. The van der Waals surface area contributed by atoms with E-state index in [9.17, 15) is 13.4 Å². The summed E-state index contributed by atoms with van der Waals surface area (Å²) >= 11 is 0. The van der Waals surface area contributed by atoms with Gasteiger partial charge in [-0.1, -0.05) is 30.3 Å². The van der Waals surface area contributed by atoms with Crippen LogP contribution in [-0.2, 0) is 21.3 Å². The minimum Gasteiger partial charge on any atom is -0.368 e. The molecule has 25 heavy (non-hydrogen) atoms. The SMILES string of the molecule is O=C(CS(=O)Cc1ccccc1)N1CCN(c2ccc(F)cc2)CC1. The Morgan fingerprint density at radius 2 is 1.60 bits per heavy atom. The summed E-state index contributed by atoms with van der Waals surface area (Å²) in [7, 11) is -1.20. The molecule has 2 aromatic carbocycles. The topological polar surface area (TPSA) is 40.6 Å². The van der Waals surface area contributed by atoms with E-state index < -0.39 is 10.8 Å². The molecule has 1 aliphatic heterocycles. The molecule has 0 N–H and O–H groups in total. The summed E-state index contributed by atoms with van der Waals surface area (Å²) in [6.07, 6.45) is 0. The van der Waals surface area contributed by atoms with Crippen LogP contribution in [0, 0.1) is 5.82 Å². The van der Waals surface area contributed by atoms with Gasteiger partial charge in [0.2, 0.25) is 5.91 Å². The predicted octanol–water partition coefficient (Wildman–Crippen LogP) is 2.42. The standard InChI is InChI=1S/C19H21FN2O2S/c20-17-6-8-18(9-7-17)21-10-12-22(13-11-21)19(23)15-25(24)14-16-4-2-1-3-5-16/h1-9H,10-15H2. The minimum absolute atomic E-state index is 0.0610. The largest absolute Gasteiger partial charge is 0.368 e. The van der Waals surface area contributed by atoms with Gasteiger partial charge in [-0.25, -0.2) is 4.39 Å². The van der Waals surface area contributed by atoms with E-state index in [1.165, 1.54) is 12.1 Å². The highest BCUT2D eigenvalue weighted by molar-refractivity contribution is 7.84. The molecule has 0 spiro atoms. The van der Waals surface area contributed by atoms with E-state index in [2.05, 4.69) is 4.90 Å². The fourth-order valence-corrected chi connectivity index (χ4v) is 4.03. The molecule has 1 amide bonds. The first kappa shape index (κ1) is 17.6. The zero-order chi connectivity index (χ0) is 17.6. The first-order valence-corrected chi connectivity index (χ1v) is 9.78. The zero-order valence-electron chi connectivity index (χ0n) is 13.9. The Hall–Kier alpha value is -2.21. The van der Waals surface area contributed by atoms with Gasteiger partial charge in [-0.05, 0) is 29.8 Å². The van der Waals surface area contributed by atoms with Gasteiger partial charge in [0.25, 0.3) is 0 Å². The van der Waals surface area contributed by atoms with Crippen molar-refractivity contribution >= 4 is 22.4 Å². The Bertz CT molecular complexity index is 729. The second-order valence-electron chi connectivity index (χ2n) is 6.06. The lowest BCUT2D eigenvalue weighted by Gasteiger charge is -2.36. The number of hydrogen-bond donors (Lipinski definition) is 0. The number of benzene rings is 2. The smallest absolute Gasteiger partial charge is 0.235 e. The second kappa shape index (κ2) is 8.25. The van der Waals surface area contributed by atoms with Gasteiger partial charge in [0.1, 0.15) is 11.6 Å². The van der Waals surface area contributed by atoms with Crippen molar-refractivity contribution < 1.29 is 13.4 Å². The van der Waals surface area contributed by atoms with Crippen molar-refractivity contribution in [3.63, 3.8) is 0 Å². The first-order valence-electron chi connectivity index (χ1n) is 8.29. The number of halogens is 1. The first-order chi connectivity index (χ1) is 12.1. The Morgan fingerprint density at radius 3 is 2.24 bits per heavy atom. The van der Waals surface area contributed by atoms with Crippen LogP contribution in [0.1, 0.15) is 5.56 Å². The number of rotatable bonds is 5. The maximum atomic E-state index is 13.0. The van der Waals surface area contributed by atoms with Gasteiger partial charge in [-0.3, -0.25) is 9.00 Å². The van der Waals surface area contributed by atoms with Gasteiger partial charge in [0, 0.05) is 48.4 Å². The molecule has 2 aromatic rings. The fraction of sp³-hybridized carbons (Fsp3) is 0.316. The van der Waals surface area contributed by atoms with Crippen molar-refractivity contribution in [2.45, 2.75) is 5.75 Å². The Labute approximate surface area is 149 Å². The number of piperazine rings is 1. The third-order valence-corrected chi connectivity index (χ3v) is 5.50. The van der Waals surface area contributed by atoms with Crippen LogP contribution in [0.5, 0.6) is 0 Å². The summed E-state index contributed by atoms with van der Waals surface area (Å²) < 4.78 is 25.2. The highest BCUT2D eigenvalue weighted by atomic mass is 32.2. The van der Waals surface area contributed by atoms with Crippen LogP contribution in [0.15, 0.2) is 54.6 Å². The molecule has 0 radical (unpaired) electrons. The monoisotopic (exact) mass is 360 g/mol. The molecule has 0 bridgehead atoms. The summed E-state index contributed by atoms with van der Waals surface area (Å²) in [5.74, 6) is 0.152. The van der Waals surface area contributed by atoms with Crippen LogP contribution in [0.2, 0.25) is 0 Å². The van der Waals surface area contributed by atoms with Crippen LogP contribution in [0.3, 0.4) is 0 Å². The summed E-state index contributed by atoms with van der Waals surface area (Å²) in [6, 6.07) is 16.0. The lowest BCUT2D eigenvalue weighted by Crippen LogP contribution is -2.50. The number of hydrogen-bond acceptors (Lipinski definition) is 3. The zero-order valence-corrected chi connectivity index (χ0v) is 14.8. The number of nitrogens with zero attached hydrogens (tertiary/aromatic N) is 2. The number of anilines is 1. The van der Waals surface area contributed by atoms with Crippen LogP contribution in [-0.4, -0.2) is 46.9 Å². The van der Waals surface area contributed by atoms with E-state index in [4.69, 9.17) is 0 Å². The molecule has 0 aromatic heterocycles. The molecule has 1 unspecified atom stereocenters. The molecule has 1 heterocycles. The fourth-order valence-electron chi connectivity index (χ4n) is 2.91. The summed E-state index contributed by atoms with van der Waals surface area (Å²) in [4.78, 5) is 16.2. The Morgan fingerprint density at radius 1 is 0.960 bits per heavy atom. The average Bonchev–Trinajstić information content (AvgIpc) is 2.63. The van der Waals surface area contributed by atoms with Crippen molar-refractivity contribution in [3.05, 3.63) is 66.0 Å². The minimum atomic E-state index is -1.20. The van der Waals surface area contributed by atoms with Gasteiger partial charge in [-0.15, -0.1) is 0 Å². The lowest BCUT2D eigenvalue weighted by molar-refractivity contribution is -0.128. The van der Waals surface area contributed by atoms with Crippen molar-refractivity contribution in [3.8, 4) is 0 Å². The van der Waals surface area contributed by atoms with E-state index in [1.807, 2.05) is 30.3 Å². The maximum Gasteiger partial charge on any atom is 0.235 e. The van der Waals surface area contributed by atoms with E-state index in [0.717, 1.165) is 11.3 Å². The molecule has 6 heteroatoms. The van der Waals surface area contributed by atoms with Crippen molar-refractivity contribution in [1.29, 1.82) is 0 Å². The predicted molar refractivity (Wildman–Crippen MR) is 98.3 cm³/mol. The molecule has 0 saturated carbocycles. The van der Waals surface area contributed by atoms with E-state index in [1.54, 1.807) is 17.0 Å². The summed E-state index contributed by atoms with van der Waals surface area (Å²) in [5.41, 5.74) is 1.94. The highest BCUT2D eigenvalue weighted by Crippen LogP contribution is 2.17. The molecule has 0 aliphatic carbocycles. The van der Waals surface area contributed by atoms with Gasteiger partial charge >= 0.3 is 0 Å². The number of carbonyl (C=O) groups excluding carboxylic acids is 1. The quantitative estimate of drug-likeness (QED) is 0.822. The Kier molecular flexibility index (Phi) is 5.81. The summed E-state index contributed by atoms with van der Waals surface area (Å²) in [5, 5.41) is 0. The molecule has 4 nitrogen and oxygen atoms in total. The van der Waals surface area contributed by atoms with Crippen LogP contribution >= 0.6 is 0 Å². The normalized spacial score (nSPS) is 15.9. The molecule has 1 fully saturated rings. The van der Waals surface area contributed by atoms with Gasteiger partial charge in [0.15, 0.2) is 0 Å². The van der Waals surface area contributed by atoms with Gasteiger partial charge in [0.05, 0.1) is 0 Å².